The van der Waals surface area contributed by atoms with Crippen LogP contribution in [-0.4, -0.2) is 46.0 Å². The lowest BCUT2D eigenvalue weighted by Crippen LogP contribution is -2.33. The molecule has 2 aromatic rings. The van der Waals surface area contributed by atoms with E-state index in [1.54, 1.807) is 0 Å². The summed E-state index contributed by atoms with van der Waals surface area (Å²) >= 11 is 0. The summed E-state index contributed by atoms with van der Waals surface area (Å²) in [5.41, 5.74) is 1.57. The van der Waals surface area contributed by atoms with E-state index in [4.69, 9.17) is 9.88 Å². The largest absolute Gasteiger partial charge is 0.492 e. The number of rotatable bonds is 8. The molecular formula is C18H23N3O4S. The zero-order valence-corrected chi connectivity index (χ0v) is 15.6. The fourth-order valence-electron chi connectivity index (χ4n) is 2.28. The summed E-state index contributed by atoms with van der Waals surface area (Å²) < 4.78 is 28.1. The second-order valence-corrected chi connectivity index (χ2v) is 7.53. The molecule has 0 aliphatic heterocycles. The zero-order chi connectivity index (χ0) is 19.2. The Morgan fingerprint density at radius 1 is 1.15 bits per heavy atom. The highest BCUT2D eigenvalue weighted by Crippen LogP contribution is 2.16. The third kappa shape index (κ3) is 6.14. The van der Waals surface area contributed by atoms with Crippen molar-refractivity contribution in [2.45, 2.75) is 11.8 Å². The fourth-order valence-corrected chi connectivity index (χ4v) is 2.80. The first-order chi connectivity index (χ1) is 12.3. The van der Waals surface area contributed by atoms with E-state index in [2.05, 4.69) is 5.32 Å². The highest BCUT2D eigenvalue weighted by Gasteiger charge is 2.10. The molecule has 2 aromatic carbocycles. The van der Waals surface area contributed by atoms with E-state index < -0.39 is 10.0 Å². The molecule has 3 N–H and O–H groups in total. The van der Waals surface area contributed by atoms with Gasteiger partial charge < -0.3 is 10.1 Å². The Morgan fingerprint density at radius 2 is 1.81 bits per heavy atom. The monoisotopic (exact) mass is 377 g/mol. The minimum Gasteiger partial charge on any atom is -0.492 e. The van der Waals surface area contributed by atoms with Crippen LogP contribution in [0.3, 0.4) is 0 Å². The van der Waals surface area contributed by atoms with Gasteiger partial charge in [-0.15, -0.1) is 0 Å². The first-order valence-electron chi connectivity index (χ1n) is 8.05. The number of carbonyl (C=O) groups excluding carboxylic acids is 1. The van der Waals surface area contributed by atoms with Crippen molar-refractivity contribution in [3.63, 3.8) is 0 Å². The standard InChI is InChI=1S/C18H23N3O4S/c1-14-5-3-4-6-17(14)25-12-11-21(2)13-18(22)20-15-7-9-16(10-8-15)26(19,23)24/h3-10H,11-13H2,1-2H3,(H,20,22)(H2,19,23,24). The Labute approximate surface area is 153 Å². The van der Waals surface area contributed by atoms with Crippen molar-refractivity contribution in [1.82, 2.24) is 4.90 Å². The topological polar surface area (TPSA) is 102 Å². The van der Waals surface area contributed by atoms with E-state index in [1.165, 1.54) is 24.3 Å². The Bertz CT molecular complexity index is 851. The van der Waals surface area contributed by atoms with Gasteiger partial charge in [0.25, 0.3) is 0 Å². The van der Waals surface area contributed by atoms with Crippen LogP contribution in [0.5, 0.6) is 5.75 Å². The minimum atomic E-state index is -3.74. The smallest absolute Gasteiger partial charge is 0.238 e. The normalized spacial score (nSPS) is 11.4. The molecule has 26 heavy (non-hydrogen) atoms. The second kappa shape index (κ2) is 8.79. The molecule has 0 saturated carbocycles. The summed E-state index contributed by atoms with van der Waals surface area (Å²) in [6, 6.07) is 13.5. The van der Waals surface area contributed by atoms with Crippen molar-refractivity contribution in [3.8, 4) is 5.75 Å². The number of carbonyl (C=O) groups is 1. The minimum absolute atomic E-state index is 0.000899. The number of nitrogens with two attached hydrogens (primary N) is 1. The SMILES string of the molecule is Cc1ccccc1OCCN(C)CC(=O)Nc1ccc(S(N)(=O)=O)cc1. The molecule has 0 aliphatic rings. The molecule has 0 unspecified atom stereocenters. The van der Waals surface area contributed by atoms with Crippen LogP contribution in [0.25, 0.3) is 0 Å². The van der Waals surface area contributed by atoms with E-state index in [1.807, 2.05) is 43.1 Å². The maximum Gasteiger partial charge on any atom is 0.238 e. The Hall–Kier alpha value is -2.42. The van der Waals surface area contributed by atoms with Gasteiger partial charge in [-0.05, 0) is 49.9 Å². The molecule has 2 rings (SSSR count). The molecule has 0 saturated heterocycles. The number of sulfonamides is 1. The number of likely N-dealkylation sites (N-methyl/N-ethyl adjacent to an activating group) is 1. The molecule has 0 atom stereocenters. The number of aryl methyl sites for hydroxylation is 1. The van der Waals surface area contributed by atoms with Crippen LogP contribution in [0, 0.1) is 6.92 Å². The molecule has 0 spiro atoms. The molecular weight excluding hydrogens is 354 g/mol. The third-order valence-corrected chi connectivity index (χ3v) is 4.63. The molecule has 0 aliphatic carbocycles. The second-order valence-electron chi connectivity index (χ2n) is 5.97. The van der Waals surface area contributed by atoms with Gasteiger partial charge in [0.2, 0.25) is 15.9 Å². The average Bonchev–Trinajstić information content (AvgIpc) is 2.56. The van der Waals surface area contributed by atoms with Gasteiger partial charge in [0.1, 0.15) is 12.4 Å². The maximum absolute atomic E-state index is 12.1. The lowest BCUT2D eigenvalue weighted by molar-refractivity contribution is -0.117. The predicted octanol–water partition coefficient (Wildman–Crippen LogP) is 1.59. The molecule has 8 heteroatoms. The van der Waals surface area contributed by atoms with Gasteiger partial charge in [0.15, 0.2) is 0 Å². The van der Waals surface area contributed by atoms with Crippen LogP contribution in [0.1, 0.15) is 5.56 Å². The van der Waals surface area contributed by atoms with Crippen molar-refractivity contribution < 1.29 is 17.9 Å². The van der Waals surface area contributed by atoms with Crippen LogP contribution in [0.15, 0.2) is 53.4 Å². The quantitative estimate of drug-likeness (QED) is 0.727. The molecule has 0 radical (unpaired) electrons. The van der Waals surface area contributed by atoms with Gasteiger partial charge in [0, 0.05) is 12.2 Å². The molecule has 7 nitrogen and oxygen atoms in total. The molecule has 0 bridgehead atoms. The maximum atomic E-state index is 12.1. The van der Waals surface area contributed by atoms with E-state index in [9.17, 15) is 13.2 Å². The summed E-state index contributed by atoms with van der Waals surface area (Å²) in [7, 11) is -1.91. The average molecular weight is 377 g/mol. The van der Waals surface area contributed by atoms with Gasteiger partial charge >= 0.3 is 0 Å². The Balaban J connectivity index is 1.77. The number of nitrogens with one attached hydrogen (secondary N) is 1. The summed E-state index contributed by atoms with van der Waals surface area (Å²) in [6.07, 6.45) is 0. The highest BCUT2D eigenvalue weighted by atomic mass is 32.2. The van der Waals surface area contributed by atoms with Gasteiger partial charge in [0.05, 0.1) is 11.4 Å². The Kier molecular flexibility index (Phi) is 6.73. The van der Waals surface area contributed by atoms with Gasteiger partial charge in [-0.25, -0.2) is 13.6 Å². The van der Waals surface area contributed by atoms with Crippen molar-refractivity contribution >= 4 is 21.6 Å². The van der Waals surface area contributed by atoms with Gasteiger partial charge in [-0.3, -0.25) is 9.69 Å². The number of nitrogens with zero attached hydrogens (tertiary/aromatic N) is 1. The van der Waals surface area contributed by atoms with E-state index >= 15 is 0 Å². The zero-order valence-electron chi connectivity index (χ0n) is 14.8. The first kappa shape index (κ1) is 19.9. The first-order valence-corrected chi connectivity index (χ1v) is 9.60. The van der Waals surface area contributed by atoms with Gasteiger partial charge in [-0.1, -0.05) is 18.2 Å². The number of hydrogen-bond acceptors (Lipinski definition) is 5. The van der Waals surface area contributed by atoms with Crippen molar-refractivity contribution in [3.05, 3.63) is 54.1 Å². The van der Waals surface area contributed by atoms with Crippen LogP contribution in [0.4, 0.5) is 5.69 Å². The van der Waals surface area contributed by atoms with E-state index in [-0.39, 0.29) is 17.3 Å². The van der Waals surface area contributed by atoms with Gasteiger partial charge in [-0.2, -0.15) is 0 Å². The van der Waals surface area contributed by atoms with Crippen molar-refractivity contribution in [1.29, 1.82) is 0 Å². The summed E-state index contributed by atoms with van der Waals surface area (Å²) in [5, 5.41) is 7.75. The lowest BCUT2D eigenvalue weighted by atomic mass is 10.2. The fraction of sp³-hybridized carbons (Fsp3) is 0.278. The molecule has 140 valence electrons. The number of anilines is 1. The van der Waals surface area contributed by atoms with Crippen LogP contribution >= 0.6 is 0 Å². The third-order valence-electron chi connectivity index (χ3n) is 3.70. The number of primary sulfonamides is 1. The summed E-state index contributed by atoms with van der Waals surface area (Å²) in [6.45, 7) is 3.23. The summed E-state index contributed by atoms with van der Waals surface area (Å²) in [5.74, 6) is 0.632. The Morgan fingerprint density at radius 3 is 2.42 bits per heavy atom. The number of para-hydroxylation sites is 1. The summed E-state index contributed by atoms with van der Waals surface area (Å²) in [4.78, 5) is 13.9. The molecule has 0 fully saturated rings. The molecule has 1 amide bonds. The highest BCUT2D eigenvalue weighted by molar-refractivity contribution is 7.89. The number of benzene rings is 2. The molecule has 0 aromatic heterocycles. The lowest BCUT2D eigenvalue weighted by Gasteiger charge is -2.17. The van der Waals surface area contributed by atoms with E-state index in [0.29, 0.717) is 18.8 Å². The molecule has 0 heterocycles. The predicted molar refractivity (Wildman–Crippen MR) is 101 cm³/mol. The number of hydrogen-bond donors (Lipinski definition) is 2. The van der Waals surface area contributed by atoms with Crippen molar-refractivity contribution in [2.24, 2.45) is 5.14 Å². The van der Waals surface area contributed by atoms with E-state index in [0.717, 1.165) is 11.3 Å². The van der Waals surface area contributed by atoms with Crippen LogP contribution in [-0.2, 0) is 14.8 Å². The number of amides is 1. The van der Waals surface area contributed by atoms with Crippen LogP contribution in [0.2, 0.25) is 0 Å². The van der Waals surface area contributed by atoms with Crippen molar-refractivity contribution in [2.75, 3.05) is 32.1 Å². The van der Waals surface area contributed by atoms with Crippen LogP contribution < -0.4 is 15.2 Å². The number of ether oxygens (including phenoxy) is 1.